The number of nitrogens with zero attached hydrogens (tertiary/aromatic N) is 1. The molecule has 0 amide bonds. The topological polar surface area (TPSA) is 70.0 Å². The largest absolute Gasteiger partial charge is 0.481 e. The summed E-state index contributed by atoms with van der Waals surface area (Å²) >= 11 is 0. The third-order valence-electron chi connectivity index (χ3n) is 2.40. The van der Waals surface area contributed by atoms with E-state index in [2.05, 4.69) is 4.90 Å². The van der Waals surface area contributed by atoms with Gasteiger partial charge >= 0.3 is 5.97 Å². The van der Waals surface area contributed by atoms with Crippen molar-refractivity contribution in [2.45, 2.75) is 18.9 Å². The second-order valence-electron chi connectivity index (χ2n) is 3.44. The molecule has 0 aromatic rings. The molecule has 0 saturated carbocycles. The van der Waals surface area contributed by atoms with E-state index in [0.717, 1.165) is 13.1 Å². The number of aliphatic hydroxyl groups excluding tert-OH is 1. The summed E-state index contributed by atoms with van der Waals surface area (Å²) in [5.41, 5.74) is 0. The van der Waals surface area contributed by atoms with Crippen LogP contribution in [0.1, 0.15) is 12.8 Å². The Kier molecular flexibility index (Phi) is 4.86. The molecule has 1 atom stereocenters. The summed E-state index contributed by atoms with van der Waals surface area (Å²) in [6.07, 6.45) is 0.821. The van der Waals surface area contributed by atoms with Crippen molar-refractivity contribution in [3.63, 3.8) is 0 Å². The SMILES string of the molecule is O=C(O)CCCN1CCOCC1CO. The molecule has 1 aliphatic heterocycles. The van der Waals surface area contributed by atoms with Gasteiger partial charge in [-0.3, -0.25) is 9.69 Å². The van der Waals surface area contributed by atoms with Gasteiger partial charge in [-0.25, -0.2) is 0 Å². The molecule has 5 nitrogen and oxygen atoms in total. The molecule has 1 heterocycles. The van der Waals surface area contributed by atoms with E-state index in [9.17, 15) is 4.79 Å². The normalized spacial score (nSPS) is 23.6. The van der Waals surface area contributed by atoms with Gasteiger partial charge in [-0.15, -0.1) is 0 Å². The molecule has 0 spiro atoms. The third-order valence-corrected chi connectivity index (χ3v) is 2.40. The number of carboxylic acids is 1. The van der Waals surface area contributed by atoms with Crippen LogP contribution in [0.15, 0.2) is 0 Å². The Morgan fingerprint density at radius 3 is 3.00 bits per heavy atom. The Hall–Kier alpha value is -0.650. The van der Waals surface area contributed by atoms with Gasteiger partial charge in [0.05, 0.1) is 25.9 Å². The highest BCUT2D eigenvalue weighted by Crippen LogP contribution is 2.07. The summed E-state index contributed by atoms with van der Waals surface area (Å²) in [6.45, 7) is 2.80. The zero-order valence-electron chi connectivity index (χ0n) is 8.19. The number of carboxylic acid groups (broad SMARTS) is 1. The van der Waals surface area contributed by atoms with Crippen molar-refractivity contribution in [3.05, 3.63) is 0 Å². The average Bonchev–Trinajstić information content (AvgIpc) is 2.18. The maximum absolute atomic E-state index is 10.3. The Morgan fingerprint density at radius 2 is 2.36 bits per heavy atom. The second kappa shape index (κ2) is 5.95. The van der Waals surface area contributed by atoms with Crippen molar-refractivity contribution in [1.82, 2.24) is 4.90 Å². The number of morpholine rings is 1. The molecule has 0 radical (unpaired) electrons. The average molecular weight is 203 g/mol. The molecule has 0 aliphatic carbocycles. The van der Waals surface area contributed by atoms with Gasteiger partial charge in [0.15, 0.2) is 0 Å². The molecule has 1 fully saturated rings. The van der Waals surface area contributed by atoms with Crippen LogP contribution in [-0.4, -0.2) is 60.0 Å². The number of hydrogen-bond donors (Lipinski definition) is 2. The zero-order chi connectivity index (χ0) is 10.4. The van der Waals surface area contributed by atoms with Crippen LogP contribution in [0, 0.1) is 0 Å². The smallest absolute Gasteiger partial charge is 0.303 e. The monoisotopic (exact) mass is 203 g/mol. The summed E-state index contributed by atoms with van der Waals surface area (Å²) < 4.78 is 5.21. The minimum Gasteiger partial charge on any atom is -0.481 e. The molecule has 5 heteroatoms. The lowest BCUT2D eigenvalue weighted by atomic mass is 10.2. The van der Waals surface area contributed by atoms with Gasteiger partial charge in [0, 0.05) is 13.0 Å². The van der Waals surface area contributed by atoms with E-state index >= 15 is 0 Å². The summed E-state index contributed by atoms with van der Waals surface area (Å²) in [4.78, 5) is 12.4. The predicted octanol–water partition coefficient (Wildman–Crippen LogP) is -0.456. The van der Waals surface area contributed by atoms with Crippen molar-refractivity contribution in [2.75, 3.05) is 32.9 Å². The molecule has 1 aliphatic rings. The number of carbonyl (C=O) groups is 1. The fraction of sp³-hybridized carbons (Fsp3) is 0.889. The van der Waals surface area contributed by atoms with Gasteiger partial charge < -0.3 is 14.9 Å². The fourth-order valence-electron chi connectivity index (χ4n) is 1.59. The molecular weight excluding hydrogens is 186 g/mol. The molecule has 82 valence electrons. The summed E-state index contributed by atoms with van der Waals surface area (Å²) in [6, 6.07) is 0.0394. The molecular formula is C9H17NO4. The molecule has 1 unspecified atom stereocenters. The lowest BCUT2D eigenvalue weighted by Crippen LogP contribution is -2.47. The Bertz CT molecular complexity index is 186. The van der Waals surface area contributed by atoms with E-state index < -0.39 is 5.97 Å². The minimum absolute atomic E-state index is 0.0394. The quantitative estimate of drug-likeness (QED) is 0.633. The summed E-state index contributed by atoms with van der Waals surface area (Å²) in [7, 11) is 0. The number of rotatable bonds is 5. The standard InChI is InChI=1S/C9H17NO4/c11-6-8-7-14-5-4-10(8)3-1-2-9(12)13/h8,11H,1-7H2,(H,12,13). The van der Waals surface area contributed by atoms with Gasteiger partial charge in [-0.1, -0.05) is 0 Å². The Morgan fingerprint density at radius 1 is 1.57 bits per heavy atom. The van der Waals surface area contributed by atoms with Crippen LogP contribution in [0.4, 0.5) is 0 Å². The van der Waals surface area contributed by atoms with E-state index in [1.54, 1.807) is 0 Å². The van der Waals surface area contributed by atoms with Crippen LogP contribution < -0.4 is 0 Å². The zero-order valence-corrected chi connectivity index (χ0v) is 8.19. The first-order valence-corrected chi connectivity index (χ1v) is 4.88. The second-order valence-corrected chi connectivity index (χ2v) is 3.44. The van der Waals surface area contributed by atoms with Gasteiger partial charge in [0.25, 0.3) is 0 Å². The van der Waals surface area contributed by atoms with E-state index in [1.807, 2.05) is 0 Å². The summed E-state index contributed by atoms with van der Waals surface area (Å²) in [5.74, 6) is -0.765. The predicted molar refractivity (Wildman–Crippen MR) is 50.1 cm³/mol. The van der Waals surface area contributed by atoms with Gasteiger partial charge in [0.1, 0.15) is 0 Å². The van der Waals surface area contributed by atoms with E-state index in [1.165, 1.54) is 0 Å². The van der Waals surface area contributed by atoms with Crippen molar-refractivity contribution >= 4 is 5.97 Å². The Labute approximate surface area is 83.3 Å². The minimum atomic E-state index is -0.765. The number of aliphatic carboxylic acids is 1. The van der Waals surface area contributed by atoms with Gasteiger partial charge in [-0.05, 0) is 13.0 Å². The lowest BCUT2D eigenvalue weighted by molar-refractivity contribution is -0.137. The lowest BCUT2D eigenvalue weighted by Gasteiger charge is -2.34. The molecule has 0 aromatic heterocycles. The van der Waals surface area contributed by atoms with Gasteiger partial charge in [0.2, 0.25) is 0 Å². The van der Waals surface area contributed by atoms with E-state index in [-0.39, 0.29) is 19.1 Å². The highest BCUT2D eigenvalue weighted by molar-refractivity contribution is 5.66. The van der Waals surface area contributed by atoms with Crippen LogP contribution in [0.3, 0.4) is 0 Å². The first-order chi connectivity index (χ1) is 6.74. The van der Waals surface area contributed by atoms with Crippen molar-refractivity contribution in [3.8, 4) is 0 Å². The van der Waals surface area contributed by atoms with Crippen molar-refractivity contribution in [2.24, 2.45) is 0 Å². The van der Waals surface area contributed by atoms with Crippen LogP contribution in [0.2, 0.25) is 0 Å². The number of aliphatic hydroxyl groups is 1. The van der Waals surface area contributed by atoms with Crippen LogP contribution in [0.5, 0.6) is 0 Å². The highest BCUT2D eigenvalue weighted by Gasteiger charge is 2.21. The molecule has 2 N–H and O–H groups in total. The molecule has 14 heavy (non-hydrogen) atoms. The van der Waals surface area contributed by atoms with Gasteiger partial charge in [-0.2, -0.15) is 0 Å². The molecule has 1 rings (SSSR count). The fourth-order valence-corrected chi connectivity index (χ4v) is 1.59. The van der Waals surface area contributed by atoms with Crippen LogP contribution in [-0.2, 0) is 9.53 Å². The number of hydrogen-bond acceptors (Lipinski definition) is 4. The highest BCUT2D eigenvalue weighted by atomic mass is 16.5. The maximum atomic E-state index is 10.3. The first-order valence-electron chi connectivity index (χ1n) is 4.88. The van der Waals surface area contributed by atoms with Crippen LogP contribution in [0.25, 0.3) is 0 Å². The third kappa shape index (κ3) is 3.61. The van der Waals surface area contributed by atoms with Crippen molar-refractivity contribution in [1.29, 1.82) is 0 Å². The first kappa shape index (κ1) is 11.4. The summed E-state index contributed by atoms with van der Waals surface area (Å²) in [5, 5.41) is 17.5. The van der Waals surface area contributed by atoms with E-state index in [4.69, 9.17) is 14.9 Å². The van der Waals surface area contributed by atoms with E-state index in [0.29, 0.717) is 19.6 Å². The maximum Gasteiger partial charge on any atom is 0.303 e. The molecule has 0 bridgehead atoms. The molecule has 0 aromatic carbocycles. The van der Waals surface area contributed by atoms with Crippen molar-refractivity contribution < 1.29 is 19.7 Å². The molecule has 1 saturated heterocycles. The van der Waals surface area contributed by atoms with Crippen LogP contribution >= 0.6 is 0 Å². The Balaban J connectivity index is 2.22. The number of ether oxygens (including phenoxy) is 1.